The SMILES string of the molecule is CC(C)N(CC(=O)N(Cc1ccc2c(c1)OCO2)Cc1ccco1)C(=O)Nc1ccc(F)cc1F. The summed E-state index contributed by atoms with van der Waals surface area (Å²) in [6.07, 6.45) is 1.52. The van der Waals surface area contributed by atoms with Gasteiger partial charge in [0, 0.05) is 18.7 Å². The minimum Gasteiger partial charge on any atom is -0.467 e. The first-order valence-electron chi connectivity index (χ1n) is 11.0. The summed E-state index contributed by atoms with van der Waals surface area (Å²) >= 11 is 0. The van der Waals surface area contributed by atoms with E-state index < -0.39 is 17.7 Å². The van der Waals surface area contributed by atoms with Crippen LogP contribution < -0.4 is 14.8 Å². The number of urea groups is 1. The molecule has 0 aliphatic carbocycles. The first kappa shape index (κ1) is 24.1. The van der Waals surface area contributed by atoms with Gasteiger partial charge in [-0.15, -0.1) is 0 Å². The van der Waals surface area contributed by atoms with Crippen molar-refractivity contribution in [2.75, 3.05) is 18.7 Å². The lowest BCUT2D eigenvalue weighted by Crippen LogP contribution is -2.47. The van der Waals surface area contributed by atoms with Crippen LogP contribution in [0.15, 0.2) is 59.2 Å². The van der Waals surface area contributed by atoms with Crippen LogP contribution in [0.1, 0.15) is 25.2 Å². The Kier molecular flexibility index (Phi) is 7.19. The van der Waals surface area contributed by atoms with Crippen molar-refractivity contribution in [3.05, 3.63) is 77.8 Å². The van der Waals surface area contributed by atoms with Gasteiger partial charge >= 0.3 is 6.03 Å². The lowest BCUT2D eigenvalue weighted by Gasteiger charge is -2.30. The van der Waals surface area contributed by atoms with Crippen molar-refractivity contribution < 1.29 is 32.3 Å². The van der Waals surface area contributed by atoms with Crippen molar-refractivity contribution in [2.45, 2.75) is 33.0 Å². The second kappa shape index (κ2) is 10.5. The summed E-state index contributed by atoms with van der Waals surface area (Å²) in [7, 11) is 0. The summed E-state index contributed by atoms with van der Waals surface area (Å²) < 4.78 is 43.4. The summed E-state index contributed by atoms with van der Waals surface area (Å²) in [5.41, 5.74) is 0.630. The number of carbonyl (C=O) groups excluding carboxylic acids is 2. The van der Waals surface area contributed by atoms with E-state index in [4.69, 9.17) is 13.9 Å². The zero-order valence-corrected chi connectivity index (χ0v) is 19.3. The van der Waals surface area contributed by atoms with Crippen LogP contribution in [0.4, 0.5) is 19.3 Å². The highest BCUT2D eigenvalue weighted by molar-refractivity contribution is 5.92. The zero-order chi connectivity index (χ0) is 24.9. The number of hydrogen-bond donors (Lipinski definition) is 1. The number of amides is 3. The zero-order valence-electron chi connectivity index (χ0n) is 19.3. The van der Waals surface area contributed by atoms with Gasteiger partial charge in [-0.3, -0.25) is 4.79 Å². The van der Waals surface area contributed by atoms with Gasteiger partial charge in [0.2, 0.25) is 12.7 Å². The van der Waals surface area contributed by atoms with E-state index in [2.05, 4.69) is 5.32 Å². The average molecular weight is 485 g/mol. The number of nitrogens with zero attached hydrogens (tertiary/aromatic N) is 2. The van der Waals surface area contributed by atoms with Crippen LogP contribution in [-0.2, 0) is 17.9 Å². The number of furan rings is 1. The van der Waals surface area contributed by atoms with Crippen LogP contribution in [0, 0.1) is 11.6 Å². The molecule has 0 unspecified atom stereocenters. The number of nitrogens with one attached hydrogen (secondary N) is 1. The number of anilines is 1. The third kappa shape index (κ3) is 5.89. The minimum absolute atomic E-state index is 0.140. The predicted octanol–water partition coefficient (Wildman–Crippen LogP) is 4.76. The molecule has 184 valence electrons. The van der Waals surface area contributed by atoms with Crippen molar-refractivity contribution >= 4 is 17.6 Å². The Bertz CT molecular complexity index is 1200. The molecule has 1 N–H and O–H groups in total. The maximum absolute atomic E-state index is 14.0. The number of rotatable bonds is 8. The van der Waals surface area contributed by atoms with Crippen molar-refractivity contribution in [1.82, 2.24) is 9.80 Å². The van der Waals surface area contributed by atoms with E-state index in [0.29, 0.717) is 23.3 Å². The monoisotopic (exact) mass is 485 g/mol. The van der Waals surface area contributed by atoms with Gasteiger partial charge in [-0.1, -0.05) is 6.07 Å². The smallest absolute Gasteiger partial charge is 0.322 e. The second-order valence-corrected chi connectivity index (χ2v) is 8.29. The molecule has 10 heteroatoms. The van der Waals surface area contributed by atoms with E-state index >= 15 is 0 Å². The summed E-state index contributed by atoms with van der Waals surface area (Å²) in [4.78, 5) is 29.1. The Morgan fingerprint density at radius 3 is 2.54 bits per heavy atom. The van der Waals surface area contributed by atoms with E-state index in [1.165, 1.54) is 11.2 Å². The topological polar surface area (TPSA) is 84.2 Å². The molecule has 4 rings (SSSR count). The Hall–Kier alpha value is -4.08. The van der Waals surface area contributed by atoms with Gasteiger partial charge in [0.05, 0.1) is 18.5 Å². The Morgan fingerprint density at radius 2 is 1.83 bits per heavy atom. The van der Waals surface area contributed by atoms with Gasteiger partial charge in [-0.05, 0) is 55.8 Å². The fourth-order valence-corrected chi connectivity index (χ4v) is 3.60. The number of fused-ring (bicyclic) bond motifs is 1. The first-order valence-corrected chi connectivity index (χ1v) is 11.0. The van der Waals surface area contributed by atoms with Crippen LogP contribution in [0.2, 0.25) is 0 Å². The Morgan fingerprint density at radius 1 is 1.03 bits per heavy atom. The minimum atomic E-state index is -0.907. The largest absolute Gasteiger partial charge is 0.467 e. The summed E-state index contributed by atoms with van der Waals surface area (Å²) in [5, 5.41) is 2.41. The number of carbonyl (C=O) groups is 2. The summed E-state index contributed by atoms with van der Waals surface area (Å²) in [6.45, 7) is 3.76. The molecule has 0 fully saturated rings. The molecule has 0 saturated carbocycles. The van der Waals surface area contributed by atoms with E-state index in [0.717, 1.165) is 17.7 Å². The molecule has 1 aromatic heterocycles. The third-order valence-electron chi connectivity index (χ3n) is 5.45. The molecule has 0 radical (unpaired) electrons. The van der Waals surface area contributed by atoms with Gasteiger partial charge in [-0.2, -0.15) is 0 Å². The summed E-state index contributed by atoms with van der Waals surface area (Å²) in [6, 6.07) is 10.7. The van der Waals surface area contributed by atoms with Crippen molar-refractivity contribution in [2.24, 2.45) is 0 Å². The standard InChI is InChI=1S/C25H25F2N3O5/c1-16(2)30(25(32)28-21-7-6-18(26)11-20(21)27)14-24(31)29(13-19-4-3-9-33-19)12-17-5-8-22-23(10-17)35-15-34-22/h3-11,16H,12-15H2,1-2H3,(H,28,32). The average Bonchev–Trinajstić information content (AvgIpc) is 3.50. The van der Waals surface area contributed by atoms with Gasteiger partial charge in [-0.25, -0.2) is 13.6 Å². The molecule has 8 nitrogen and oxygen atoms in total. The van der Waals surface area contributed by atoms with Crippen LogP contribution in [0.25, 0.3) is 0 Å². The van der Waals surface area contributed by atoms with Crippen molar-refractivity contribution in [3.63, 3.8) is 0 Å². The van der Waals surface area contributed by atoms with Crippen LogP contribution in [-0.4, -0.2) is 41.1 Å². The lowest BCUT2D eigenvalue weighted by molar-refractivity contribution is -0.133. The third-order valence-corrected chi connectivity index (χ3v) is 5.45. The Labute approximate surface area is 201 Å². The fourth-order valence-electron chi connectivity index (χ4n) is 3.60. The lowest BCUT2D eigenvalue weighted by atomic mass is 10.1. The van der Waals surface area contributed by atoms with Crippen molar-refractivity contribution in [1.29, 1.82) is 0 Å². The molecule has 1 aliphatic heterocycles. The summed E-state index contributed by atoms with van der Waals surface area (Å²) in [5.74, 6) is -0.203. The molecule has 0 spiro atoms. The first-order chi connectivity index (χ1) is 16.8. The molecule has 0 atom stereocenters. The highest BCUT2D eigenvalue weighted by Gasteiger charge is 2.26. The molecular formula is C25H25F2N3O5. The molecule has 3 amide bonds. The van der Waals surface area contributed by atoms with Gasteiger partial charge < -0.3 is 29.0 Å². The van der Waals surface area contributed by atoms with Crippen LogP contribution >= 0.6 is 0 Å². The van der Waals surface area contributed by atoms with Crippen LogP contribution in [0.3, 0.4) is 0 Å². The molecule has 35 heavy (non-hydrogen) atoms. The second-order valence-electron chi connectivity index (χ2n) is 8.29. The molecular weight excluding hydrogens is 460 g/mol. The number of halogens is 2. The highest BCUT2D eigenvalue weighted by Crippen LogP contribution is 2.33. The normalized spacial score (nSPS) is 12.0. The number of hydrogen-bond acceptors (Lipinski definition) is 5. The van der Waals surface area contributed by atoms with Gasteiger partial charge in [0.25, 0.3) is 0 Å². The van der Waals surface area contributed by atoms with Gasteiger partial charge in [0.1, 0.15) is 23.9 Å². The highest BCUT2D eigenvalue weighted by atomic mass is 19.1. The molecule has 3 aromatic rings. The predicted molar refractivity (Wildman–Crippen MR) is 123 cm³/mol. The maximum atomic E-state index is 14.0. The number of benzene rings is 2. The molecule has 2 aromatic carbocycles. The van der Waals surface area contributed by atoms with E-state index in [1.54, 1.807) is 43.0 Å². The molecule has 0 bridgehead atoms. The van der Waals surface area contributed by atoms with E-state index in [1.807, 2.05) is 6.07 Å². The van der Waals surface area contributed by atoms with Crippen molar-refractivity contribution in [3.8, 4) is 11.5 Å². The Balaban J connectivity index is 1.50. The maximum Gasteiger partial charge on any atom is 0.322 e. The van der Waals surface area contributed by atoms with Crippen LogP contribution in [0.5, 0.6) is 11.5 Å². The molecule has 0 saturated heterocycles. The quantitative estimate of drug-likeness (QED) is 0.498. The molecule has 2 heterocycles. The van der Waals surface area contributed by atoms with E-state index in [-0.39, 0.29) is 44.1 Å². The van der Waals surface area contributed by atoms with Gasteiger partial charge in [0.15, 0.2) is 11.5 Å². The van der Waals surface area contributed by atoms with E-state index in [9.17, 15) is 18.4 Å². The molecule has 1 aliphatic rings. The number of ether oxygens (including phenoxy) is 2. The fraction of sp³-hybridized carbons (Fsp3) is 0.280.